The molecule has 0 amide bonds. The molecule has 2 aromatic carbocycles. The van der Waals surface area contributed by atoms with Crippen molar-refractivity contribution >= 4 is 24.0 Å². The third-order valence-corrected chi connectivity index (χ3v) is 7.83. The molecule has 0 atom stereocenters. The van der Waals surface area contributed by atoms with Crippen LogP contribution < -0.4 is 21.0 Å². The summed E-state index contributed by atoms with van der Waals surface area (Å²) < 4.78 is 15.2. The Morgan fingerprint density at radius 3 is 1.76 bits per heavy atom. The summed E-state index contributed by atoms with van der Waals surface area (Å²) in [6.45, 7) is 15.4. The van der Waals surface area contributed by atoms with Crippen LogP contribution in [0.2, 0.25) is 0 Å². The summed E-state index contributed by atoms with van der Waals surface area (Å²) in [6, 6.07) is 16.5. The van der Waals surface area contributed by atoms with E-state index < -0.39 is 5.60 Å². The maximum absolute atomic E-state index is 12.7. The molecule has 3 aromatic rings. The third-order valence-electron chi connectivity index (χ3n) is 7.83. The van der Waals surface area contributed by atoms with Crippen LogP contribution in [0.4, 0.5) is 11.4 Å². The Labute approximate surface area is 224 Å². The molecule has 0 unspecified atom stereocenters. The minimum Gasteiger partial charge on any atom is -0.399 e. The van der Waals surface area contributed by atoms with Crippen LogP contribution >= 0.6 is 0 Å². The minimum atomic E-state index is -1.01. The van der Waals surface area contributed by atoms with E-state index >= 15 is 0 Å². The lowest BCUT2D eigenvalue weighted by Crippen LogP contribution is -2.46. The molecule has 3 heterocycles. The van der Waals surface area contributed by atoms with Crippen LogP contribution in [-0.2, 0) is 15.9 Å². The van der Waals surface area contributed by atoms with E-state index in [0.717, 1.165) is 43.0 Å². The number of anilines is 2. The SMILES string of the molecule is CC(C)(O)Cn1ncn(-c2ccc(N3CCN(c4ccc(B5OC(C)(C)C(C)(C)O5)cc4)CC3)cc2)c1=O. The van der Waals surface area contributed by atoms with Gasteiger partial charge in [-0.2, -0.15) is 5.10 Å². The number of benzene rings is 2. The number of rotatable bonds is 6. The highest BCUT2D eigenvalue weighted by Gasteiger charge is 2.51. The second kappa shape index (κ2) is 9.59. The lowest BCUT2D eigenvalue weighted by molar-refractivity contribution is 0.00578. The first kappa shape index (κ1) is 26.5. The Bertz CT molecular complexity index is 1300. The topological polar surface area (TPSA) is 85.0 Å². The molecule has 0 radical (unpaired) electrons. The predicted molar refractivity (Wildman–Crippen MR) is 151 cm³/mol. The van der Waals surface area contributed by atoms with Gasteiger partial charge in [0, 0.05) is 37.6 Å². The van der Waals surface area contributed by atoms with Gasteiger partial charge in [-0.25, -0.2) is 14.0 Å². The zero-order valence-corrected chi connectivity index (χ0v) is 23.2. The maximum atomic E-state index is 12.7. The summed E-state index contributed by atoms with van der Waals surface area (Å²) in [5.41, 5.74) is 2.14. The highest BCUT2D eigenvalue weighted by molar-refractivity contribution is 6.62. The van der Waals surface area contributed by atoms with Crippen molar-refractivity contribution in [3.8, 4) is 5.69 Å². The van der Waals surface area contributed by atoms with E-state index in [1.807, 2.05) is 24.3 Å². The third kappa shape index (κ3) is 5.25. The zero-order chi connectivity index (χ0) is 27.3. The van der Waals surface area contributed by atoms with Crippen molar-refractivity contribution in [3.63, 3.8) is 0 Å². The molecule has 38 heavy (non-hydrogen) atoms. The van der Waals surface area contributed by atoms with Crippen LogP contribution in [0.15, 0.2) is 59.7 Å². The Morgan fingerprint density at radius 2 is 1.29 bits per heavy atom. The standard InChI is InChI=1S/C28H38BN5O4/c1-26(2,36)19-34-25(35)33(20-30-34)24-13-11-23(12-14-24)32-17-15-31(16-18-32)22-9-7-21(8-10-22)29-37-27(3,4)28(5,6)38-29/h7-14,20,36H,15-19H2,1-6H3. The Balaban J connectivity index is 1.19. The van der Waals surface area contributed by atoms with Gasteiger partial charge < -0.3 is 24.2 Å². The Hall–Kier alpha value is -3.08. The molecular formula is C28H38BN5O4. The number of nitrogens with zero attached hydrogens (tertiary/aromatic N) is 5. The summed E-state index contributed by atoms with van der Waals surface area (Å²) in [7, 11) is -0.347. The van der Waals surface area contributed by atoms with Gasteiger partial charge in [-0.05, 0) is 83.4 Å². The van der Waals surface area contributed by atoms with Crippen molar-refractivity contribution in [2.45, 2.75) is 64.9 Å². The van der Waals surface area contributed by atoms with Crippen LogP contribution in [0.1, 0.15) is 41.5 Å². The average molecular weight is 519 g/mol. The highest BCUT2D eigenvalue weighted by atomic mass is 16.7. The van der Waals surface area contributed by atoms with Gasteiger partial charge in [0.15, 0.2) is 0 Å². The first-order valence-electron chi connectivity index (χ1n) is 13.3. The number of aliphatic hydroxyl groups is 1. The van der Waals surface area contributed by atoms with Crippen molar-refractivity contribution in [2.75, 3.05) is 36.0 Å². The largest absolute Gasteiger partial charge is 0.494 e. The van der Waals surface area contributed by atoms with Gasteiger partial charge in [0.25, 0.3) is 0 Å². The van der Waals surface area contributed by atoms with Gasteiger partial charge in [-0.15, -0.1) is 0 Å². The molecule has 2 aliphatic rings. The van der Waals surface area contributed by atoms with Crippen molar-refractivity contribution < 1.29 is 14.4 Å². The molecule has 202 valence electrons. The molecule has 2 aliphatic heterocycles. The highest BCUT2D eigenvalue weighted by Crippen LogP contribution is 2.36. The summed E-state index contributed by atoms with van der Waals surface area (Å²) in [6.07, 6.45) is 1.50. The molecule has 1 N–H and O–H groups in total. The quantitative estimate of drug-likeness (QED) is 0.501. The smallest absolute Gasteiger partial charge is 0.399 e. The number of hydrogen-bond acceptors (Lipinski definition) is 7. The fourth-order valence-corrected chi connectivity index (χ4v) is 4.86. The van der Waals surface area contributed by atoms with E-state index in [9.17, 15) is 9.90 Å². The monoisotopic (exact) mass is 519 g/mol. The average Bonchev–Trinajstić information content (AvgIpc) is 3.32. The molecule has 2 fully saturated rings. The van der Waals surface area contributed by atoms with Gasteiger partial charge in [0.1, 0.15) is 6.33 Å². The lowest BCUT2D eigenvalue weighted by atomic mass is 9.79. The molecule has 9 nitrogen and oxygen atoms in total. The predicted octanol–water partition coefficient (Wildman–Crippen LogP) is 2.43. The first-order valence-corrected chi connectivity index (χ1v) is 13.3. The van der Waals surface area contributed by atoms with E-state index in [2.05, 4.69) is 66.9 Å². The summed E-state index contributed by atoms with van der Waals surface area (Å²) >= 11 is 0. The van der Waals surface area contributed by atoms with E-state index in [4.69, 9.17) is 9.31 Å². The van der Waals surface area contributed by atoms with Crippen LogP contribution in [0.5, 0.6) is 0 Å². The molecule has 0 spiro atoms. The lowest BCUT2D eigenvalue weighted by Gasteiger charge is -2.37. The normalized spacial score (nSPS) is 19.3. The van der Waals surface area contributed by atoms with Crippen LogP contribution in [-0.4, -0.2) is 69.6 Å². The minimum absolute atomic E-state index is 0.141. The van der Waals surface area contributed by atoms with E-state index in [1.165, 1.54) is 21.3 Å². The van der Waals surface area contributed by atoms with Gasteiger partial charge in [0.2, 0.25) is 0 Å². The zero-order valence-electron chi connectivity index (χ0n) is 23.2. The van der Waals surface area contributed by atoms with Crippen molar-refractivity contribution in [1.29, 1.82) is 0 Å². The molecule has 5 rings (SSSR count). The van der Waals surface area contributed by atoms with E-state index in [1.54, 1.807) is 13.8 Å². The van der Waals surface area contributed by atoms with E-state index in [0.29, 0.717) is 0 Å². The molecule has 1 aromatic heterocycles. The van der Waals surface area contributed by atoms with Crippen LogP contribution in [0, 0.1) is 0 Å². The Morgan fingerprint density at radius 1 is 0.842 bits per heavy atom. The van der Waals surface area contributed by atoms with Crippen LogP contribution in [0.25, 0.3) is 5.69 Å². The number of hydrogen-bond donors (Lipinski definition) is 1. The van der Waals surface area contributed by atoms with Crippen molar-refractivity contribution in [3.05, 3.63) is 65.3 Å². The van der Waals surface area contributed by atoms with Gasteiger partial charge in [-0.1, -0.05) is 12.1 Å². The second-order valence-corrected chi connectivity index (χ2v) is 11.9. The van der Waals surface area contributed by atoms with Gasteiger partial charge >= 0.3 is 12.8 Å². The molecule has 2 saturated heterocycles. The number of aromatic nitrogens is 3. The van der Waals surface area contributed by atoms with Crippen molar-refractivity contribution in [2.24, 2.45) is 0 Å². The summed E-state index contributed by atoms with van der Waals surface area (Å²) in [5.74, 6) is 0. The molecule has 0 aliphatic carbocycles. The number of piperazine rings is 1. The van der Waals surface area contributed by atoms with E-state index in [-0.39, 0.29) is 30.6 Å². The van der Waals surface area contributed by atoms with Crippen molar-refractivity contribution in [1.82, 2.24) is 14.3 Å². The fraction of sp³-hybridized carbons (Fsp3) is 0.500. The summed E-state index contributed by atoms with van der Waals surface area (Å²) in [4.78, 5) is 17.4. The molecule has 0 bridgehead atoms. The first-order chi connectivity index (χ1) is 17.8. The summed E-state index contributed by atoms with van der Waals surface area (Å²) in [5, 5.41) is 14.2. The molecule has 10 heteroatoms. The second-order valence-electron chi connectivity index (χ2n) is 11.9. The van der Waals surface area contributed by atoms with Gasteiger partial charge in [0.05, 0.1) is 29.0 Å². The molecular weight excluding hydrogens is 481 g/mol. The van der Waals surface area contributed by atoms with Crippen LogP contribution in [0.3, 0.4) is 0 Å². The maximum Gasteiger partial charge on any atom is 0.494 e. The Kier molecular flexibility index (Phi) is 6.70. The fourth-order valence-electron chi connectivity index (χ4n) is 4.86. The van der Waals surface area contributed by atoms with Gasteiger partial charge in [-0.3, -0.25) is 0 Å². The molecule has 0 saturated carbocycles.